The van der Waals surface area contributed by atoms with Crippen molar-refractivity contribution in [1.82, 2.24) is 9.80 Å². The zero-order valence-electron chi connectivity index (χ0n) is 18.2. The highest BCUT2D eigenvalue weighted by Gasteiger charge is 2.41. The molecule has 3 saturated heterocycles. The van der Waals surface area contributed by atoms with E-state index in [1.54, 1.807) is 6.92 Å². The van der Waals surface area contributed by atoms with Gasteiger partial charge in [-0.05, 0) is 6.92 Å². The lowest BCUT2D eigenvalue weighted by atomic mass is 10.1. The zero-order chi connectivity index (χ0) is 21.1. The first-order chi connectivity index (χ1) is 14.6. The third-order valence-electron chi connectivity index (χ3n) is 5.24. The highest BCUT2D eigenvalue weighted by Crippen LogP contribution is 2.27. The lowest BCUT2D eigenvalue weighted by Crippen LogP contribution is -2.53. The van der Waals surface area contributed by atoms with Crippen LogP contribution in [0.1, 0.15) is 13.8 Å². The summed E-state index contributed by atoms with van der Waals surface area (Å²) in [6, 6.07) is 0. The van der Waals surface area contributed by atoms with Crippen LogP contribution in [-0.4, -0.2) is 113 Å². The fourth-order valence-electron chi connectivity index (χ4n) is 3.15. The van der Waals surface area contributed by atoms with Crippen molar-refractivity contribution in [1.29, 1.82) is 0 Å². The van der Waals surface area contributed by atoms with E-state index in [1.165, 1.54) is 0 Å². The molecule has 3 heterocycles. The van der Waals surface area contributed by atoms with Crippen LogP contribution in [-0.2, 0) is 28.4 Å². The summed E-state index contributed by atoms with van der Waals surface area (Å²) in [7, 11) is 0. The van der Waals surface area contributed by atoms with Crippen LogP contribution in [0.15, 0.2) is 0 Å². The van der Waals surface area contributed by atoms with Crippen molar-refractivity contribution < 1.29 is 28.4 Å². The molecule has 0 unspecified atom stereocenters. The molecule has 3 rings (SSSR count). The summed E-state index contributed by atoms with van der Waals surface area (Å²) in [4.78, 5) is 4.54. The van der Waals surface area contributed by atoms with Gasteiger partial charge in [0, 0.05) is 33.1 Å². The average Bonchev–Trinajstić information content (AvgIpc) is 2.77. The molecule has 3 aliphatic heterocycles. The van der Waals surface area contributed by atoms with Gasteiger partial charge in [-0.2, -0.15) is 0 Å². The number of nitrogens with zero attached hydrogens (tertiary/aromatic N) is 2. The van der Waals surface area contributed by atoms with E-state index in [9.17, 15) is 0 Å². The summed E-state index contributed by atoms with van der Waals surface area (Å²) in [5.41, 5.74) is -0.543. The molecule has 30 heavy (non-hydrogen) atoms. The third kappa shape index (κ3) is 8.14. The molecule has 8 heteroatoms. The number of hydrogen-bond acceptors (Lipinski definition) is 8. The first-order valence-electron chi connectivity index (χ1n) is 10.6. The quantitative estimate of drug-likeness (QED) is 0.562. The van der Waals surface area contributed by atoms with E-state index in [-0.39, 0.29) is 6.61 Å². The summed E-state index contributed by atoms with van der Waals surface area (Å²) in [5, 5.41) is 0. The van der Waals surface area contributed by atoms with Gasteiger partial charge in [0.2, 0.25) is 0 Å². The van der Waals surface area contributed by atoms with Gasteiger partial charge in [-0.15, -0.1) is 0 Å². The maximum atomic E-state index is 5.90. The second-order valence-electron chi connectivity index (χ2n) is 7.95. The Bertz CT molecular complexity index is 573. The van der Waals surface area contributed by atoms with Gasteiger partial charge >= 0.3 is 0 Å². The highest BCUT2D eigenvalue weighted by molar-refractivity contribution is 5.03. The van der Waals surface area contributed by atoms with E-state index < -0.39 is 11.6 Å². The fraction of sp³-hybridized carbons (Fsp3) is 0.818. The van der Waals surface area contributed by atoms with E-state index in [0.29, 0.717) is 19.8 Å². The smallest absolute Gasteiger partial charge is 0.280 e. The maximum absolute atomic E-state index is 5.90. The second-order valence-corrected chi connectivity index (χ2v) is 7.95. The molecule has 0 aromatic carbocycles. The molecule has 8 nitrogen and oxygen atoms in total. The largest absolute Gasteiger partial charge is 0.379 e. The van der Waals surface area contributed by atoms with Crippen LogP contribution in [0.2, 0.25) is 0 Å². The minimum absolute atomic E-state index is 0.255. The molecule has 0 amide bonds. The van der Waals surface area contributed by atoms with Gasteiger partial charge in [-0.3, -0.25) is 9.80 Å². The Kier molecular flexibility index (Phi) is 9.38. The molecule has 0 radical (unpaired) electrons. The SMILES string of the molecule is CC1(OCC#CCN2CCOCC2)COC(C)(OCC#CCN2CCOCC2)OC1. The summed E-state index contributed by atoms with van der Waals surface area (Å²) < 4.78 is 33.9. The van der Waals surface area contributed by atoms with E-state index in [1.807, 2.05) is 6.92 Å². The van der Waals surface area contributed by atoms with E-state index in [4.69, 9.17) is 28.4 Å². The molecular weight excluding hydrogens is 388 g/mol. The molecule has 3 fully saturated rings. The third-order valence-corrected chi connectivity index (χ3v) is 5.24. The van der Waals surface area contributed by atoms with Crippen molar-refractivity contribution in [2.45, 2.75) is 25.4 Å². The van der Waals surface area contributed by atoms with Crippen molar-refractivity contribution in [3.8, 4) is 23.7 Å². The van der Waals surface area contributed by atoms with Crippen molar-refractivity contribution in [3.05, 3.63) is 0 Å². The van der Waals surface area contributed by atoms with Gasteiger partial charge in [-0.25, -0.2) is 0 Å². The Morgan fingerprint density at radius 2 is 1.17 bits per heavy atom. The van der Waals surface area contributed by atoms with Crippen LogP contribution < -0.4 is 0 Å². The number of morpholine rings is 2. The molecule has 0 atom stereocenters. The van der Waals surface area contributed by atoms with Crippen LogP contribution in [0, 0.1) is 23.7 Å². The van der Waals surface area contributed by atoms with Gasteiger partial charge in [-0.1, -0.05) is 23.7 Å². The molecule has 0 aromatic rings. The van der Waals surface area contributed by atoms with E-state index >= 15 is 0 Å². The van der Waals surface area contributed by atoms with Gasteiger partial charge in [0.25, 0.3) is 5.97 Å². The molecule has 3 aliphatic rings. The Morgan fingerprint density at radius 1 is 0.700 bits per heavy atom. The lowest BCUT2D eigenvalue weighted by molar-refractivity contribution is -0.413. The summed E-state index contributed by atoms with van der Waals surface area (Å²) >= 11 is 0. The summed E-state index contributed by atoms with van der Waals surface area (Å²) in [6.07, 6.45) is 0. The summed E-state index contributed by atoms with van der Waals surface area (Å²) in [6.45, 7) is 13.4. The van der Waals surface area contributed by atoms with Gasteiger partial charge < -0.3 is 28.4 Å². The second kappa shape index (κ2) is 12.0. The highest BCUT2D eigenvalue weighted by atomic mass is 16.9. The molecule has 0 spiro atoms. The van der Waals surface area contributed by atoms with Crippen molar-refractivity contribution in [3.63, 3.8) is 0 Å². The maximum Gasteiger partial charge on any atom is 0.280 e. The first-order valence-corrected chi connectivity index (χ1v) is 10.6. The number of rotatable bonds is 6. The van der Waals surface area contributed by atoms with Gasteiger partial charge in [0.1, 0.15) is 18.8 Å². The minimum atomic E-state index is -1.10. The fourth-order valence-corrected chi connectivity index (χ4v) is 3.15. The molecule has 168 valence electrons. The Labute approximate surface area is 180 Å². The molecule has 0 saturated carbocycles. The lowest BCUT2D eigenvalue weighted by Gasteiger charge is -2.41. The Hall–Kier alpha value is -1.20. The normalized spacial score (nSPS) is 30.7. The molecule has 0 N–H and O–H groups in total. The van der Waals surface area contributed by atoms with Crippen molar-refractivity contribution in [2.75, 3.05) is 92.1 Å². The average molecular weight is 423 g/mol. The van der Waals surface area contributed by atoms with Crippen molar-refractivity contribution in [2.24, 2.45) is 0 Å². The van der Waals surface area contributed by atoms with E-state index in [0.717, 1.165) is 65.7 Å². The monoisotopic (exact) mass is 422 g/mol. The predicted octanol–water partition coefficient (Wildman–Crippen LogP) is 0.170. The van der Waals surface area contributed by atoms with Crippen LogP contribution in [0.5, 0.6) is 0 Å². The topological polar surface area (TPSA) is 61.9 Å². The van der Waals surface area contributed by atoms with Gasteiger partial charge in [0.05, 0.1) is 52.7 Å². The van der Waals surface area contributed by atoms with Crippen LogP contribution in [0.25, 0.3) is 0 Å². The standard InChI is InChI=1S/C22H34N2O6/c1-21(27-13-5-3-7-23-9-15-25-16-10-23)19-29-22(2,30-20-21)28-14-6-4-8-24-11-17-26-18-12-24/h7-20H2,1-2H3. The zero-order valence-corrected chi connectivity index (χ0v) is 18.2. The van der Waals surface area contributed by atoms with Crippen LogP contribution >= 0.6 is 0 Å². The van der Waals surface area contributed by atoms with Gasteiger partial charge in [0.15, 0.2) is 0 Å². The minimum Gasteiger partial charge on any atom is -0.379 e. The predicted molar refractivity (Wildman–Crippen MR) is 111 cm³/mol. The molecule has 0 aromatic heterocycles. The first kappa shape index (κ1) is 23.5. The summed E-state index contributed by atoms with van der Waals surface area (Å²) in [5.74, 6) is 11.3. The Balaban J connectivity index is 1.29. The Morgan fingerprint density at radius 3 is 1.67 bits per heavy atom. The molecule has 0 aliphatic carbocycles. The number of ether oxygens (including phenoxy) is 6. The number of hydrogen-bond donors (Lipinski definition) is 0. The molecular formula is C22H34N2O6. The van der Waals surface area contributed by atoms with Crippen LogP contribution in [0.3, 0.4) is 0 Å². The molecule has 0 bridgehead atoms. The van der Waals surface area contributed by atoms with E-state index in [2.05, 4.69) is 33.5 Å². The van der Waals surface area contributed by atoms with Crippen LogP contribution in [0.4, 0.5) is 0 Å². The van der Waals surface area contributed by atoms with Crippen molar-refractivity contribution >= 4 is 0 Å².